The van der Waals surface area contributed by atoms with Crippen LogP contribution in [0.1, 0.15) is 31.1 Å². The molecule has 106 valence electrons. The van der Waals surface area contributed by atoms with E-state index in [1.54, 1.807) is 0 Å². The van der Waals surface area contributed by atoms with Crippen molar-refractivity contribution in [2.24, 2.45) is 0 Å². The Morgan fingerprint density at radius 1 is 1.25 bits per heavy atom. The van der Waals surface area contributed by atoms with Crippen molar-refractivity contribution in [3.63, 3.8) is 0 Å². The quantitative estimate of drug-likeness (QED) is 0.815. The zero-order chi connectivity index (χ0) is 13.5. The van der Waals surface area contributed by atoms with Crippen LogP contribution in [0.15, 0.2) is 18.5 Å². The largest absolute Gasteiger partial charge is 0.323 e. The molecule has 0 bridgehead atoms. The van der Waals surface area contributed by atoms with Gasteiger partial charge in [0.25, 0.3) is 0 Å². The number of imidazole rings is 1. The summed E-state index contributed by atoms with van der Waals surface area (Å²) in [7, 11) is 0. The van der Waals surface area contributed by atoms with E-state index in [1.165, 1.54) is 37.9 Å². The number of halogens is 1. The van der Waals surface area contributed by atoms with Gasteiger partial charge in [-0.15, -0.1) is 11.6 Å². The molecule has 0 radical (unpaired) electrons. The molecule has 0 aromatic carbocycles. The average molecular weight is 291 g/mol. The highest BCUT2D eigenvalue weighted by molar-refractivity contribution is 6.17. The third-order valence-corrected chi connectivity index (χ3v) is 4.97. The second-order valence-electron chi connectivity index (χ2n) is 5.80. The van der Waals surface area contributed by atoms with E-state index in [-0.39, 0.29) is 0 Å². The Labute approximate surface area is 123 Å². The molecule has 0 spiro atoms. The Hall–Kier alpha value is -1.13. The molecule has 5 heteroatoms. The molecule has 0 saturated carbocycles. The van der Waals surface area contributed by atoms with Crippen molar-refractivity contribution >= 4 is 22.6 Å². The maximum Gasteiger partial charge on any atom is 0.111 e. The molecule has 4 rings (SSSR count). The van der Waals surface area contributed by atoms with Crippen molar-refractivity contribution < 1.29 is 0 Å². The predicted molar refractivity (Wildman–Crippen MR) is 80.2 cm³/mol. The minimum absolute atomic E-state index is 0.558. The van der Waals surface area contributed by atoms with Gasteiger partial charge in [0.05, 0.1) is 17.8 Å². The van der Waals surface area contributed by atoms with E-state index in [1.807, 2.05) is 12.4 Å². The number of alkyl halides is 1. The molecule has 2 atom stereocenters. The maximum atomic E-state index is 5.97. The smallest absolute Gasteiger partial charge is 0.111 e. The van der Waals surface area contributed by atoms with Crippen LogP contribution >= 0.6 is 11.6 Å². The van der Waals surface area contributed by atoms with E-state index >= 15 is 0 Å². The van der Waals surface area contributed by atoms with Gasteiger partial charge in [0, 0.05) is 31.1 Å². The van der Waals surface area contributed by atoms with Gasteiger partial charge in [-0.2, -0.15) is 0 Å². The Morgan fingerprint density at radius 3 is 3.10 bits per heavy atom. The first-order chi connectivity index (χ1) is 9.88. The first-order valence-electron chi connectivity index (χ1n) is 7.49. The van der Waals surface area contributed by atoms with E-state index in [9.17, 15) is 0 Å². The summed E-state index contributed by atoms with van der Waals surface area (Å²) in [4.78, 5) is 11.6. The van der Waals surface area contributed by atoms with Crippen LogP contribution in [0.3, 0.4) is 0 Å². The maximum absolute atomic E-state index is 5.97. The van der Waals surface area contributed by atoms with Crippen molar-refractivity contribution in [3.05, 3.63) is 24.3 Å². The molecule has 4 heterocycles. The molecule has 2 fully saturated rings. The fraction of sp³-hybridized carbons (Fsp3) is 0.600. The van der Waals surface area contributed by atoms with Crippen LogP contribution < -0.4 is 0 Å². The number of hydrogen-bond acceptors (Lipinski definition) is 3. The van der Waals surface area contributed by atoms with Gasteiger partial charge < -0.3 is 4.57 Å². The molecular weight excluding hydrogens is 272 g/mol. The zero-order valence-corrected chi connectivity index (χ0v) is 12.3. The molecule has 2 aromatic rings. The summed E-state index contributed by atoms with van der Waals surface area (Å²) >= 11 is 5.97. The number of aryl methyl sites for hydroxylation is 1. The normalized spacial score (nSPS) is 26.4. The zero-order valence-electron chi connectivity index (χ0n) is 11.5. The van der Waals surface area contributed by atoms with Gasteiger partial charge in [0.15, 0.2) is 0 Å². The predicted octanol–water partition coefficient (Wildman–Crippen LogP) is 2.62. The lowest BCUT2D eigenvalue weighted by molar-refractivity contribution is 0.290. The topological polar surface area (TPSA) is 34.0 Å². The van der Waals surface area contributed by atoms with Crippen LogP contribution in [0.5, 0.6) is 0 Å². The van der Waals surface area contributed by atoms with E-state index < -0.39 is 0 Å². The van der Waals surface area contributed by atoms with Crippen molar-refractivity contribution in [1.29, 1.82) is 0 Å². The lowest BCUT2D eigenvalue weighted by atomic mass is 10.1. The number of pyridine rings is 1. The summed E-state index contributed by atoms with van der Waals surface area (Å²) in [5.74, 6) is 1.75. The fourth-order valence-corrected chi connectivity index (χ4v) is 4.16. The molecule has 0 amide bonds. The van der Waals surface area contributed by atoms with Gasteiger partial charge in [-0.3, -0.25) is 9.88 Å². The highest BCUT2D eigenvalue weighted by Gasteiger charge is 2.39. The fourth-order valence-electron chi connectivity index (χ4n) is 3.99. The Morgan fingerprint density at radius 2 is 2.20 bits per heavy atom. The van der Waals surface area contributed by atoms with Gasteiger partial charge in [0.1, 0.15) is 11.3 Å². The highest BCUT2D eigenvalue weighted by Crippen LogP contribution is 2.38. The van der Waals surface area contributed by atoms with Crippen molar-refractivity contribution in [2.75, 3.05) is 19.0 Å². The average Bonchev–Trinajstić information content (AvgIpc) is 3.12. The summed E-state index contributed by atoms with van der Waals surface area (Å²) < 4.78 is 2.45. The monoisotopic (exact) mass is 290 g/mol. The lowest BCUT2D eigenvalue weighted by Crippen LogP contribution is -2.28. The van der Waals surface area contributed by atoms with E-state index in [0.29, 0.717) is 18.0 Å². The second kappa shape index (κ2) is 5.01. The van der Waals surface area contributed by atoms with Crippen LogP contribution in [-0.2, 0) is 6.42 Å². The molecular formula is C15H19ClN4. The van der Waals surface area contributed by atoms with Crippen molar-refractivity contribution in [3.8, 4) is 0 Å². The van der Waals surface area contributed by atoms with E-state index in [4.69, 9.17) is 16.6 Å². The van der Waals surface area contributed by atoms with Gasteiger partial charge in [-0.1, -0.05) is 0 Å². The Bertz CT molecular complexity index is 623. The summed E-state index contributed by atoms with van der Waals surface area (Å²) in [6.07, 6.45) is 8.44. The number of nitrogens with zero attached hydrogens (tertiary/aromatic N) is 4. The van der Waals surface area contributed by atoms with Crippen LogP contribution in [0.4, 0.5) is 0 Å². The van der Waals surface area contributed by atoms with Gasteiger partial charge in [0.2, 0.25) is 0 Å². The standard InChI is InChI=1S/C15H19ClN4/c16-6-3-15-18-11-10-17-7-4-12(11)20(15)14-5-9-19-8-1-2-13(14)19/h4,7,10,13-14H,1-3,5-6,8-9H2. The third kappa shape index (κ3) is 1.85. The summed E-state index contributed by atoms with van der Waals surface area (Å²) in [5.41, 5.74) is 2.22. The molecule has 2 unspecified atom stereocenters. The number of aromatic nitrogens is 3. The van der Waals surface area contributed by atoms with Crippen molar-refractivity contribution in [1.82, 2.24) is 19.4 Å². The lowest BCUT2D eigenvalue weighted by Gasteiger charge is -2.23. The highest BCUT2D eigenvalue weighted by atomic mass is 35.5. The number of rotatable bonds is 3. The first-order valence-corrected chi connectivity index (χ1v) is 8.03. The van der Waals surface area contributed by atoms with Crippen LogP contribution in [0.2, 0.25) is 0 Å². The van der Waals surface area contributed by atoms with E-state index in [0.717, 1.165) is 17.8 Å². The summed E-state index contributed by atoms with van der Waals surface area (Å²) in [6, 6.07) is 3.34. The molecule has 2 aliphatic rings. The van der Waals surface area contributed by atoms with Crippen LogP contribution in [-0.4, -0.2) is 44.4 Å². The van der Waals surface area contributed by atoms with Crippen LogP contribution in [0.25, 0.3) is 11.0 Å². The molecule has 20 heavy (non-hydrogen) atoms. The molecule has 0 N–H and O–H groups in total. The van der Waals surface area contributed by atoms with Gasteiger partial charge >= 0.3 is 0 Å². The molecule has 2 saturated heterocycles. The first kappa shape index (κ1) is 12.6. The molecule has 0 aliphatic carbocycles. The number of fused-ring (bicyclic) bond motifs is 2. The summed E-state index contributed by atoms with van der Waals surface area (Å²) in [5, 5.41) is 0. The van der Waals surface area contributed by atoms with Gasteiger partial charge in [-0.05, 0) is 31.9 Å². The second-order valence-corrected chi connectivity index (χ2v) is 6.18. The summed E-state index contributed by atoms with van der Waals surface area (Å²) in [6.45, 7) is 2.49. The van der Waals surface area contributed by atoms with E-state index in [2.05, 4.69) is 20.5 Å². The minimum atomic E-state index is 0.558. The SMILES string of the molecule is ClCCc1nc2cnccc2n1C1CCN2CCCC12. The van der Waals surface area contributed by atoms with Crippen LogP contribution in [0, 0.1) is 0 Å². The minimum Gasteiger partial charge on any atom is -0.323 e. The van der Waals surface area contributed by atoms with Crippen molar-refractivity contribution in [2.45, 2.75) is 37.8 Å². The molecule has 4 nitrogen and oxygen atoms in total. The third-order valence-electron chi connectivity index (χ3n) is 4.79. The van der Waals surface area contributed by atoms with Gasteiger partial charge in [-0.25, -0.2) is 4.98 Å². The molecule has 2 aromatic heterocycles. The Kier molecular flexibility index (Phi) is 3.15. The Balaban J connectivity index is 1.82. The number of hydrogen-bond donors (Lipinski definition) is 0. The molecule has 2 aliphatic heterocycles.